The second kappa shape index (κ2) is 8.76. The van der Waals surface area contributed by atoms with E-state index in [1.54, 1.807) is 36.4 Å². The molecule has 0 fully saturated rings. The number of benzene rings is 3. The van der Waals surface area contributed by atoms with Crippen LogP contribution in [0.3, 0.4) is 0 Å². The van der Waals surface area contributed by atoms with Gasteiger partial charge >= 0.3 is 0 Å². The van der Waals surface area contributed by atoms with E-state index in [-0.39, 0.29) is 24.3 Å². The zero-order valence-electron chi connectivity index (χ0n) is 14.5. The van der Waals surface area contributed by atoms with Crippen LogP contribution in [-0.4, -0.2) is 11.7 Å². The number of Topliss-reactive ketones (excluding diaryl/α,β-unsaturated/α-hetero) is 1. The molecule has 0 aliphatic heterocycles. The first-order chi connectivity index (χ1) is 13.1. The molecule has 0 aliphatic carbocycles. The first-order valence-corrected chi connectivity index (χ1v) is 8.52. The number of nitrogens with one attached hydrogen (secondary N) is 1. The number of amides is 1. The van der Waals surface area contributed by atoms with Crippen LogP contribution in [-0.2, 0) is 4.79 Å². The molecular weight excluding hydrogens is 345 g/mol. The van der Waals surface area contributed by atoms with E-state index in [0.29, 0.717) is 17.1 Å². The van der Waals surface area contributed by atoms with Crippen molar-refractivity contribution in [1.82, 2.24) is 0 Å². The summed E-state index contributed by atoms with van der Waals surface area (Å²) in [7, 11) is 0. The number of anilines is 1. The van der Waals surface area contributed by atoms with Crippen LogP contribution in [0, 0.1) is 5.82 Å². The lowest BCUT2D eigenvalue weighted by Crippen LogP contribution is -2.14. The van der Waals surface area contributed by atoms with Crippen molar-refractivity contribution in [2.45, 2.75) is 12.8 Å². The third-order valence-corrected chi connectivity index (χ3v) is 3.88. The number of carbonyl (C=O) groups excluding carboxylic acids is 2. The van der Waals surface area contributed by atoms with Gasteiger partial charge in [0, 0.05) is 18.4 Å². The van der Waals surface area contributed by atoms with Gasteiger partial charge < -0.3 is 10.1 Å². The maximum Gasteiger partial charge on any atom is 0.224 e. The average Bonchev–Trinajstić information content (AvgIpc) is 2.69. The minimum atomic E-state index is -0.508. The van der Waals surface area contributed by atoms with Gasteiger partial charge in [0.15, 0.2) is 5.78 Å². The van der Waals surface area contributed by atoms with E-state index in [4.69, 9.17) is 4.74 Å². The summed E-state index contributed by atoms with van der Waals surface area (Å²) in [5.74, 6) is 0.255. The Bertz CT molecular complexity index is 924. The normalized spacial score (nSPS) is 10.3. The maximum atomic E-state index is 13.5. The smallest absolute Gasteiger partial charge is 0.224 e. The molecule has 0 aliphatic rings. The molecule has 4 nitrogen and oxygen atoms in total. The van der Waals surface area contributed by atoms with Crippen LogP contribution in [0.25, 0.3) is 0 Å². The van der Waals surface area contributed by atoms with Crippen molar-refractivity contribution >= 4 is 17.4 Å². The van der Waals surface area contributed by atoms with Gasteiger partial charge in [-0.2, -0.15) is 0 Å². The van der Waals surface area contributed by atoms with E-state index in [0.717, 1.165) is 0 Å². The number of carbonyl (C=O) groups is 2. The molecule has 1 N–H and O–H groups in total. The van der Waals surface area contributed by atoms with Gasteiger partial charge in [0.2, 0.25) is 5.91 Å². The summed E-state index contributed by atoms with van der Waals surface area (Å²) in [6, 6.07) is 22.0. The number of ether oxygens (including phenoxy) is 1. The Labute approximate surface area is 156 Å². The molecule has 0 heterocycles. The molecule has 5 heteroatoms. The Morgan fingerprint density at radius 3 is 2.11 bits per heavy atom. The van der Waals surface area contributed by atoms with Crippen LogP contribution in [0.1, 0.15) is 23.2 Å². The van der Waals surface area contributed by atoms with Crippen LogP contribution in [0.15, 0.2) is 78.9 Å². The summed E-state index contributed by atoms with van der Waals surface area (Å²) in [5, 5.41) is 2.47. The summed E-state index contributed by atoms with van der Waals surface area (Å²) in [6.45, 7) is 0. The molecule has 27 heavy (non-hydrogen) atoms. The van der Waals surface area contributed by atoms with E-state index in [1.165, 1.54) is 12.1 Å². The predicted octanol–water partition coefficient (Wildman–Crippen LogP) is 5.22. The Balaban J connectivity index is 1.52. The highest BCUT2D eigenvalue weighted by molar-refractivity contribution is 6.00. The van der Waals surface area contributed by atoms with Gasteiger partial charge in [-0.1, -0.05) is 30.3 Å². The molecule has 3 aromatic carbocycles. The molecule has 0 atom stereocenters. The van der Waals surface area contributed by atoms with Crippen molar-refractivity contribution in [2.75, 3.05) is 5.32 Å². The summed E-state index contributed by atoms with van der Waals surface area (Å²) < 4.78 is 19.2. The number of rotatable bonds is 7. The van der Waals surface area contributed by atoms with E-state index in [2.05, 4.69) is 5.32 Å². The highest BCUT2D eigenvalue weighted by Crippen LogP contribution is 2.21. The summed E-state index contributed by atoms with van der Waals surface area (Å²) >= 11 is 0. The molecule has 0 saturated carbocycles. The third-order valence-electron chi connectivity index (χ3n) is 3.88. The zero-order chi connectivity index (χ0) is 19.1. The molecule has 3 aromatic rings. The number of para-hydroxylation sites is 2. The van der Waals surface area contributed by atoms with Crippen LogP contribution in [0.4, 0.5) is 10.1 Å². The monoisotopic (exact) mass is 363 g/mol. The highest BCUT2D eigenvalue weighted by atomic mass is 19.1. The standard InChI is InChI=1S/C22H18FNO3/c23-19-8-4-5-9-20(19)24-22(26)15-14-21(25)16-10-12-18(13-11-16)27-17-6-2-1-3-7-17/h1-13H,14-15H2,(H,24,26). The molecule has 0 spiro atoms. The summed E-state index contributed by atoms with van der Waals surface area (Å²) in [4.78, 5) is 24.2. The summed E-state index contributed by atoms with van der Waals surface area (Å²) in [6.07, 6.45) is 0.0224. The lowest BCUT2D eigenvalue weighted by Gasteiger charge is -2.07. The Morgan fingerprint density at radius 2 is 1.41 bits per heavy atom. The number of ketones is 1. The number of hydrogen-bond donors (Lipinski definition) is 1. The molecule has 0 saturated heterocycles. The predicted molar refractivity (Wildman–Crippen MR) is 102 cm³/mol. The molecule has 1 amide bonds. The van der Waals surface area contributed by atoms with Crippen molar-refractivity contribution in [2.24, 2.45) is 0 Å². The van der Waals surface area contributed by atoms with Crippen LogP contribution >= 0.6 is 0 Å². The van der Waals surface area contributed by atoms with Gasteiger partial charge in [0.05, 0.1) is 5.69 Å². The minimum absolute atomic E-state index is 0.0184. The Kier molecular flexibility index (Phi) is 5.94. The molecular formula is C22H18FNO3. The fourth-order valence-corrected chi connectivity index (χ4v) is 2.48. The van der Waals surface area contributed by atoms with Crippen LogP contribution < -0.4 is 10.1 Å². The molecule has 0 unspecified atom stereocenters. The van der Waals surface area contributed by atoms with Gasteiger partial charge in [-0.3, -0.25) is 9.59 Å². The van der Waals surface area contributed by atoms with E-state index in [1.807, 2.05) is 30.3 Å². The average molecular weight is 363 g/mol. The van der Waals surface area contributed by atoms with E-state index < -0.39 is 11.7 Å². The van der Waals surface area contributed by atoms with Crippen molar-refractivity contribution in [3.63, 3.8) is 0 Å². The van der Waals surface area contributed by atoms with Gasteiger partial charge in [0.25, 0.3) is 0 Å². The van der Waals surface area contributed by atoms with E-state index >= 15 is 0 Å². The lowest BCUT2D eigenvalue weighted by atomic mass is 10.1. The first-order valence-electron chi connectivity index (χ1n) is 8.52. The lowest BCUT2D eigenvalue weighted by molar-refractivity contribution is -0.116. The highest BCUT2D eigenvalue weighted by Gasteiger charge is 2.11. The van der Waals surface area contributed by atoms with Gasteiger partial charge in [-0.25, -0.2) is 4.39 Å². The Morgan fingerprint density at radius 1 is 0.778 bits per heavy atom. The van der Waals surface area contributed by atoms with Gasteiger partial charge in [-0.05, 0) is 48.5 Å². The minimum Gasteiger partial charge on any atom is -0.457 e. The quantitative estimate of drug-likeness (QED) is 0.586. The third kappa shape index (κ3) is 5.25. The molecule has 0 aromatic heterocycles. The van der Waals surface area contributed by atoms with E-state index in [9.17, 15) is 14.0 Å². The molecule has 136 valence electrons. The number of hydrogen-bond acceptors (Lipinski definition) is 3. The molecule has 0 bridgehead atoms. The van der Waals surface area contributed by atoms with Crippen molar-refractivity contribution < 1.29 is 18.7 Å². The fraction of sp³-hybridized carbons (Fsp3) is 0.0909. The maximum absolute atomic E-state index is 13.5. The van der Waals surface area contributed by atoms with Crippen molar-refractivity contribution in [3.8, 4) is 11.5 Å². The Hall–Kier alpha value is -3.47. The zero-order valence-corrected chi connectivity index (χ0v) is 14.5. The molecule has 0 radical (unpaired) electrons. The van der Waals surface area contributed by atoms with Crippen LogP contribution in [0.5, 0.6) is 11.5 Å². The van der Waals surface area contributed by atoms with Gasteiger partial charge in [0.1, 0.15) is 17.3 Å². The second-order valence-electron chi connectivity index (χ2n) is 5.89. The first kappa shape index (κ1) is 18.3. The summed E-state index contributed by atoms with van der Waals surface area (Å²) in [5.41, 5.74) is 0.603. The fourth-order valence-electron chi connectivity index (χ4n) is 2.48. The van der Waals surface area contributed by atoms with Crippen molar-refractivity contribution in [1.29, 1.82) is 0 Å². The topological polar surface area (TPSA) is 55.4 Å². The number of halogens is 1. The van der Waals surface area contributed by atoms with Crippen LogP contribution in [0.2, 0.25) is 0 Å². The SMILES string of the molecule is O=C(CCC(=O)c1ccc(Oc2ccccc2)cc1)Nc1ccccc1F. The second-order valence-corrected chi connectivity index (χ2v) is 5.89. The van der Waals surface area contributed by atoms with Gasteiger partial charge in [-0.15, -0.1) is 0 Å². The molecule has 3 rings (SSSR count). The largest absolute Gasteiger partial charge is 0.457 e. The van der Waals surface area contributed by atoms with Crippen molar-refractivity contribution in [3.05, 3.63) is 90.2 Å².